The van der Waals surface area contributed by atoms with Gasteiger partial charge in [-0.15, -0.1) is 0 Å². The molecule has 0 aliphatic heterocycles. The molecule has 0 saturated heterocycles. The molecule has 0 radical (unpaired) electrons. The predicted molar refractivity (Wildman–Crippen MR) is 101 cm³/mol. The summed E-state index contributed by atoms with van der Waals surface area (Å²) in [6.45, 7) is 0.201. The smallest absolute Gasteiger partial charge is 0.293 e. The Morgan fingerprint density at radius 1 is 0.800 bits per heavy atom. The normalized spacial score (nSPS) is 10.8. The van der Waals surface area contributed by atoms with Crippen LogP contribution in [0.15, 0.2) is 73.3 Å². The van der Waals surface area contributed by atoms with Crippen molar-refractivity contribution in [2.75, 3.05) is 0 Å². The van der Waals surface area contributed by atoms with Gasteiger partial charge in [0.25, 0.3) is 5.56 Å². The van der Waals surface area contributed by atoms with Gasteiger partial charge >= 0.3 is 5.69 Å². The van der Waals surface area contributed by atoms with Gasteiger partial charge in [-0.05, 0) is 35.4 Å². The molecule has 0 amide bonds. The Morgan fingerprint density at radius 2 is 1.28 bits per heavy atom. The highest BCUT2D eigenvalue weighted by molar-refractivity contribution is 9.10. The molecule has 3 aromatic rings. The van der Waals surface area contributed by atoms with Crippen LogP contribution < -0.4 is 11.2 Å². The van der Waals surface area contributed by atoms with Crippen LogP contribution in [0.25, 0.3) is 0 Å². The maximum atomic E-state index is 14.0. The largest absolute Gasteiger partial charge is 0.331 e. The van der Waals surface area contributed by atoms with Crippen molar-refractivity contribution < 1.29 is 4.39 Å². The summed E-state index contributed by atoms with van der Waals surface area (Å²) in [4.78, 5) is 24.7. The van der Waals surface area contributed by atoms with Gasteiger partial charge in [-0.3, -0.25) is 13.9 Å². The Morgan fingerprint density at radius 3 is 1.80 bits per heavy atom. The third kappa shape index (κ3) is 4.16. The first kappa shape index (κ1) is 17.8. The lowest BCUT2D eigenvalue weighted by Gasteiger charge is -2.11. The molecular formula is C18H13Br2FN2O2. The highest BCUT2D eigenvalue weighted by Crippen LogP contribution is 2.12. The van der Waals surface area contributed by atoms with Crippen LogP contribution >= 0.6 is 31.9 Å². The van der Waals surface area contributed by atoms with Gasteiger partial charge in [-0.25, -0.2) is 4.79 Å². The van der Waals surface area contributed by atoms with E-state index in [2.05, 4.69) is 31.9 Å². The summed E-state index contributed by atoms with van der Waals surface area (Å²) in [6.07, 6.45) is 0.963. The fourth-order valence-electron chi connectivity index (χ4n) is 2.43. The Kier molecular flexibility index (Phi) is 5.34. The van der Waals surface area contributed by atoms with E-state index in [1.807, 2.05) is 24.3 Å². The van der Waals surface area contributed by atoms with E-state index in [-0.39, 0.29) is 13.1 Å². The second-order valence-corrected chi connectivity index (χ2v) is 7.36. The minimum absolute atomic E-state index is 0.0169. The Labute approximate surface area is 159 Å². The average Bonchev–Trinajstić information content (AvgIpc) is 2.60. The summed E-state index contributed by atoms with van der Waals surface area (Å²) in [5.74, 6) is -0.950. The van der Waals surface area contributed by atoms with Crippen LogP contribution in [0.4, 0.5) is 4.39 Å². The minimum atomic E-state index is -0.950. The van der Waals surface area contributed by atoms with Gasteiger partial charge in [0.1, 0.15) is 0 Å². The van der Waals surface area contributed by atoms with Crippen LogP contribution in [0.1, 0.15) is 11.1 Å². The molecule has 2 aromatic carbocycles. The fraction of sp³-hybridized carbons (Fsp3) is 0.111. The van der Waals surface area contributed by atoms with Crippen LogP contribution in [0.2, 0.25) is 0 Å². The summed E-state index contributed by atoms with van der Waals surface area (Å²) in [5.41, 5.74) is 0.110. The lowest BCUT2D eigenvalue weighted by molar-refractivity contribution is 0.518. The molecule has 0 saturated carbocycles. The summed E-state index contributed by atoms with van der Waals surface area (Å²) < 4.78 is 18.0. The maximum Gasteiger partial charge on any atom is 0.331 e. The van der Waals surface area contributed by atoms with Crippen LogP contribution in [0.5, 0.6) is 0 Å². The van der Waals surface area contributed by atoms with Gasteiger partial charge in [-0.1, -0.05) is 56.1 Å². The topological polar surface area (TPSA) is 44.0 Å². The number of benzene rings is 2. The number of nitrogens with zero attached hydrogens (tertiary/aromatic N) is 2. The van der Waals surface area contributed by atoms with E-state index in [0.29, 0.717) is 0 Å². The number of aromatic nitrogens is 2. The number of halogens is 3. The zero-order valence-corrected chi connectivity index (χ0v) is 16.1. The lowest BCUT2D eigenvalue weighted by atomic mass is 10.2. The third-order valence-corrected chi connectivity index (χ3v) is 4.77. The monoisotopic (exact) mass is 466 g/mol. The third-order valence-electron chi connectivity index (χ3n) is 3.72. The Balaban J connectivity index is 1.99. The van der Waals surface area contributed by atoms with Crippen molar-refractivity contribution >= 4 is 31.9 Å². The van der Waals surface area contributed by atoms with E-state index < -0.39 is 17.1 Å². The van der Waals surface area contributed by atoms with Crippen molar-refractivity contribution in [3.8, 4) is 0 Å². The van der Waals surface area contributed by atoms with Crippen molar-refractivity contribution in [1.29, 1.82) is 0 Å². The minimum Gasteiger partial charge on any atom is -0.293 e. The summed E-state index contributed by atoms with van der Waals surface area (Å²) in [6, 6.07) is 14.5. The molecule has 25 heavy (non-hydrogen) atoms. The first-order valence-electron chi connectivity index (χ1n) is 7.43. The molecule has 0 N–H and O–H groups in total. The Hall–Kier alpha value is -1.99. The van der Waals surface area contributed by atoms with Crippen molar-refractivity contribution in [2.45, 2.75) is 13.1 Å². The van der Waals surface area contributed by atoms with Crippen LogP contribution in [-0.2, 0) is 13.1 Å². The molecule has 0 unspecified atom stereocenters. The first-order chi connectivity index (χ1) is 11.9. The van der Waals surface area contributed by atoms with Gasteiger partial charge < -0.3 is 0 Å². The van der Waals surface area contributed by atoms with Crippen molar-refractivity contribution in [3.05, 3.63) is 101 Å². The molecule has 3 rings (SSSR count). The highest BCUT2D eigenvalue weighted by atomic mass is 79.9. The van der Waals surface area contributed by atoms with Crippen LogP contribution in [0.3, 0.4) is 0 Å². The van der Waals surface area contributed by atoms with E-state index in [4.69, 9.17) is 0 Å². The number of hydrogen-bond acceptors (Lipinski definition) is 2. The zero-order chi connectivity index (χ0) is 18.0. The zero-order valence-electron chi connectivity index (χ0n) is 13.0. The quantitative estimate of drug-likeness (QED) is 0.586. The summed E-state index contributed by atoms with van der Waals surface area (Å²) >= 11 is 6.67. The van der Waals surface area contributed by atoms with Gasteiger partial charge in [0.05, 0.1) is 19.3 Å². The van der Waals surface area contributed by atoms with E-state index in [0.717, 1.165) is 30.8 Å². The van der Waals surface area contributed by atoms with E-state index in [1.54, 1.807) is 24.3 Å². The van der Waals surface area contributed by atoms with Crippen LogP contribution in [-0.4, -0.2) is 9.13 Å². The predicted octanol–water partition coefficient (Wildman–Crippen LogP) is 3.77. The Bertz CT molecular complexity index is 1010. The van der Waals surface area contributed by atoms with Crippen molar-refractivity contribution in [3.63, 3.8) is 0 Å². The standard InChI is InChI=1S/C18H13Br2FN2O2/c19-14-5-1-12(2-6-14)9-22-11-16(21)17(24)23(18(22)25)10-13-3-7-15(20)8-4-13/h1-8,11H,9-10H2. The molecule has 0 aliphatic carbocycles. The van der Waals surface area contributed by atoms with Crippen molar-refractivity contribution in [1.82, 2.24) is 9.13 Å². The van der Waals surface area contributed by atoms with Gasteiger partial charge in [0.15, 0.2) is 0 Å². The van der Waals surface area contributed by atoms with Crippen molar-refractivity contribution in [2.24, 2.45) is 0 Å². The SMILES string of the molecule is O=c1c(F)cn(Cc2ccc(Br)cc2)c(=O)n1Cc1ccc(Br)cc1. The van der Waals surface area contributed by atoms with E-state index >= 15 is 0 Å². The first-order valence-corrected chi connectivity index (χ1v) is 9.01. The molecule has 128 valence electrons. The molecule has 1 aromatic heterocycles. The number of hydrogen-bond donors (Lipinski definition) is 0. The second-order valence-electron chi connectivity index (χ2n) is 5.53. The van der Waals surface area contributed by atoms with Gasteiger partial charge in [0, 0.05) is 8.95 Å². The summed E-state index contributed by atoms with van der Waals surface area (Å²) in [7, 11) is 0. The second kappa shape index (κ2) is 7.49. The lowest BCUT2D eigenvalue weighted by Crippen LogP contribution is -2.41. The molecular weight excluding hydrogens is 455 g/mol. The molecule has 1 heterocycles. The molecule has 0 spiro atoms. The highest BCUT2D eigenvalue weighted by Gasteiger charge is 2.12. The number of rotatable bonds is 4. The summed E-state index contributed by atoms with van der Waals surface area (Å²) in [5, 5.41) is 0. The maximum absolute atomic E-state index is 14.0. The van der Waals surface area contributed by atoms with Gasteiger partial charge in [0.2, 0.25) is 5.82 Å². The molecule has 7 heteroatoms. The average molecular weight is 468 g/mol. The van der Waals surface area contributed by atoms with E-state index in [1.165, 1.54) is 4.57 Å². The molecule has 0 bridgehead atoms. The molecule has 0 fully saturated rings. The molecule has 0 aliphatic rings. The van der Waals surface area contributed by atoms with Crippen LogP contribution in [0, 0.1) is 5.82 Å². The van der Waals surface area contributed by atoms with Gasteiger partial charge in [-0.2, -0.15) is 4.39 Å². The molecule has 4 nitrogen and oxygen atoms in total. The van der Waals surface area contributed by atoms with E-state index in [9.17, 15) is 14.0 Å². The molecule has 0 atom stereocenters. The fourth-order valence-corrected chi connectivity index (χ4v) is 2.96.